The summed E-state index contributed by atoms with van der Waals surface area (Å²) in [4.78, 5) is 0.334. The number of sulfonamides is 1. The number of nitrogens with zero attached hydrogens (tertiary/aromatic N) is 2. The van der Waals surface area contributed by atoms with E-state index in [4.69, 9.17) is 11.6 Å². The fourth-order valence-electron chi connectivity index (χ4n) is 2.16. The van der Waals surface area contributed by atoms with Gasteiger partial charge in [0.1, 0.15) is 4.90 Å². The SMILES string of the molecule is CCCCCN(C(C)C)S(=O)(=O)c1cc(CCl)n(C)c1. The van der Waals surface area contributed by atoms with E-state index in [-0.39, 0.29) is 6.04 Å². The van der Waals surface area contributed by atoms with Crippen LogP contribution in [-0.4, -0.2) is 29.9 Å². The molecule has 116 valence electrons. The van der Waals surface area contributed by atoms with Crippen molar-refractivity contribution in [1.29, 1.82) is 0 Å². The lowest BCUT2D eigenvalue weighted by Gasteiger charge is -2.25. The molecule has 0 aliphatic rings. The van der Waals surface area contributed by atoms with Crippen molar-refractivity contribution >= 4 is 21.6 Å². The highest BCUT2D eigenvalue weighted by molar-refractivity contribution is 7.89. The van der Waals surface area contributed by atoms with E-state index in [1.807, 2.05) is 20.9 Å². The molecule has 1 aromatic heterocycles. The van der Waals surface area contributed by atoms with Crippen LogP contribution >= 0.6 is 11.6 Å². The van der Waals surface area contributed by atoms with Crippen molar-refractivity contribution in [2.24, 2.45) is 7.05 Å². The highest BCUT2D eigenvalue weighted by atomic mass is 35.5. The van der Waals surface area contributed by atoms with Gasteiger partial charge in [-0.1, -0.05) is 19.8 Å². The fraction of sp³-hybridized carbons (Fsp3) is 0.714. The first kappa shape index (κ1) is 17.5. The van der Waals surface area contributed by atoms with Gasteiger partial charge < -0.3 is 4.57 Å². The summed E-state index contributed by atoms with van der Waals surface area (Å²) in [5.41, 5.74) is 0.808. The van der Waals surface area contributed by atoms with Gasteiger partial charge in [-0.3, -0.25) is 0 Å². The Hall–Kier alpha value is -0.520. The van der Waals surface area contributed by atoms with Gasteiger partial charge >= 0.3 is 0 Å². The Labute approximate surface area is 127 Å². The van der Waals surface area contributed by atoms with E-state index in [0.29, 0.717) is 17.3 Å². The number of halogens is 1. The smallest absolute Gasteiger partial charge is 0.244 e. The minimum atomic E-state index is -3.44. The lowest BCUT2D eigenvalue weighted by atomic mass is 10.2. The van der Waals surface area contributed by atoms with Crippen LogP contribution in [0.3, 0.4) is 0 Å². The topological polar surface area (TPSA) is 42.3 Å². The molecule has 1 rings (SSSR count). The Morgan fingerprint density at radius 3 is 2.45 bits per heavy atom. The molecule has 1 aromatic rings. The van der Waals surface area contributed by atoms with Crippen LogP contribution in [0.25, 0.3) is 0 Å². The molecule has 0 aromatic carbocycles. The number of unbranched alkanes of at least 4 members (excludes halogenated alkanes) is 2. The van der Waals surface area contributed by atoms with E-state index in [0.717, 1.165) is 25.0 Å². The second-order valence-electron chi connectivity index (χ2n) is 5.33. The van der Waals surface area contributed by atoms with Crippen LogP contribution in [0.2, 0.25) is 0 Å². The minimum Gasteiger partial charge on any atom is -0.352 e. The summed E-state index contributed by atoms with van der Waals surface area (Å²) in [6.07, 6.45) is 4.65. The third-order valence-corrected chi connectivity index (χ3v) is 5.70. The van der Waals surface area contributed by atoms with Crippen LogP contribution in [0.5, 0.6) is 0 Å². The maximum atomic E-state index is 12.7. The van der Waals surface area contributed by atoms with Gasteiger partial charge in [0.15, 0.2) is 0 Å². The van der Waals surface area contributed by atoms with E-state index in [2.05, 4.69) is 6.92 Å². The van der Waals surface area contributed by atoms with Crippen molar-refractivity contribution in [3.8, 4) is 0 Å². The monoisotopic (exact) mass is 320 g/mol. The van der Waals surface area contributed by atoms with Crippen molar-refractivity contribution in [1.82, 2.24) is 8.87 Å². The molecule has 0 atom stereocenters. The van der Waals surface area contributed by atoms with E-state index in [9.17, 15) is 8.42 Å². The lowest BCUT2D eigenvalue weighted by Crippen LogP contribution is -2.37. The molecule has 0 saturated carbocycles. The molecule has 20 heavy (non-hydrogen) atoms. The van der Waals surface area contributed by atoms with Crippen LogP contribution in [0.4, 0.5) is 0 Å². The van der Waals surface area contributed by atoms with Crippen LogP contribution in [-0.2, 0) is 23.0 Å². The number of aromatic nitrogens is 1. The van der Waals surface area contributed by atoms with Crippen molar-refractivity contribution < 1.29 is 8.42 Å². The molecule has 0 aliphatic heterocycles. The summed E-state index contributed by atoms with van der Waals surface area (Å²) in [6, 6.07) is 1.62. The Balaban J connectivity index is 3.02. The molecule has 4 nitrogen and oxygen atoms in total. The van der Waals surface area contributed by atoms with Gasteiger partial charge in [0.2, 0.25) is 10.0 Å². The van der Waals surface area contributed by atoms with E-state index < -0.39 is 10.0 Å². The fourth-order valence-corrected chi connectivity index (χ4v) is 4.20. The number of aryl methyl sites for hydroxylation is 1. The molecule has 0 spiro atoms. The molecule has 1 heterocycles. The predicted molar refractivity (Wildman–Crippen MR) is 83.5 cm³/mol. The summed E-state index contributed by atoms with van der Waals surface area (Å²) < 4.78 is 28.8. The van der Waals surface area contributed by atoms with Gasteiger partial charge in [0.05, 0.1) is 5.88 Å². The molecular formula is C14H25ClN2O2S. The van der Waals surface area contributed by atoms with E-state index >= 15 is 0 Å². The second kappa shape index (κ2) is 7.48. The highest BCUT2D eigenvalue weighted by Crippen LogP contribution is 2.22. The summed E-state index contributed by atoms with van der Waals surface area (Å²) in [6.45, 7) is 6.50. The number of hydrogen-bond acceptors (Lipinski definition) is 2. The van der Waals surface area contributed by atoms with Crippen LogP contribution in [0.15, 0.2) is 17.2 Å². The molecule has 0 aliphatic carbocycles. The molecule has 0 fully saturated rings. The van der Waals surface area contributed by atoms with Crippen LogP contribution in [0, 0.1) is 0 Å². The van der Waals surface area contributed by atoms with Gasteiger partial charge in [-0.05, 0) is 26.3 Å². The quantitative estimate of drug-likeness (QED) is 0.544. The average molecular weight is 321 g/mol. The van der Waals surface area contributed by atoms with Gasteiger partial charge in [0.25, 0.3) is 0 Å². The Morgan fingerprint density at radius 1 is 1.35 bits per heavy atom. The van der Waals surface area contributed by atoms with Crippen molar-refractivity contribution in [3.63, 3.8) is 0 Å². The third kappa shape index (κ3) is 3.99. The van der Waals surface area contributed by atoms with Gasteiger partial charge in [-0.15, -0.1) is 11.6 Å². The molecular weight excluding hydrogens is 296 g/mol. The average Bonchev–Trinajstić information content (AvgIpc) is 2.76. The Morgan fingerprint density at radius 2 is 2.00 bits per heavy atom. The second-order valence-corrected chi connectivity index (χ2v) is 7.49. The number of alkyl halides is 1. The summed E-state index contributed by atoms with van der Waals surface area (Å²) in [5.74, 6) is 0.309. The van der Waals surface area contributed by atoms with Crippen molar-refractivity contribution in [2.45, 2.75) is 56.9 Å². The Kier molecular flexibility index (Phi) is 6.55. The van der Waals surface area contributed by atoms with Gasteiger partial charge in [-0.2, -0.15) is 4.31 Å². The number of hydrogen-bond donors (Lipinski definition) is 0. The lowest BCUT2D eigenvalue weighted by molar-refractivity contribution is 0.345. The molecule has 0 saturated heterocycles. The van der Waals surface area contributed by atoms with E-state index in [1.54, 1.807) is 21.1 Å². The van der Waals surface area contributed by atoms with Gasteiger partial charge in [-0.25, -0.2) is 8.42 Å². The van der Waals surface area contributed by atoms with Gasteiger partial charge in [0, 0.05) is 31.5 Å². The van der Waals surface area contributed by atoms with Crippen LogP contribution < -0.4 is 0 Å². The molecule has 0 bridgehead atoms. The van der Waals surface area contributed by atoms with E-state index in [1.165, 1.54) is 0 Å². The standard InChI is InChI=1S/C14H25ClN2O2S/c1-5-6-7-8-17(12(2)3)20(18,19)14-9-13(10-15)16(4)11-14/h9,11-12H,5-8,10H2,1-4H3. The zero-order valence-electron chi connectivity index (χ0n) is 12.8. The molecule has 0 unspecified atom stereocenters. The highest BCUT2D eigenvalue weighted by Gasteiger charge is 2.27. The normalized spacial score (nSPS) is 12.6. The Bertz CT molecular complexity index is 523. The predicted octanol–water partition coefficient (Wildman–Crippen LogP) is 3.35. The summed E-state index contributed by atoms with van der Waals surface area (Å²) >= 11 is 5.81. The molecule has 0 amide bonds. The first-order chi connectivity index (χ1) is 9.34. The van der Waals surface area contributed by atoms with Crippen molar-refractivity contribution in [3.05, 3.63) is 18.0 Å². The number of rotatable bonds is 8. The maximum absolute atomic E-state index is 12.7. The van der Waals surface area contributed by atoms with Crippen LogP contribution in [0.1, 0.15) is 45.7 Å². The molecule has 6 heteroatoms. The summed E-state index contributed by atoms with van der Waals surface area (Å²) in [5, 5.41) is 0. The first-order valence-corrected chi connectivity index (χ1v) is 9.05. The summed E-state index contributed by atoms with van der Waals surface area (Å²) in [7, 11) is -1.63. The third-order valence-electron chi connectivity index (χ3n) is 3.38. The zero-order chi connectivity index (χ0) is 15.3. The zero-order valence-corrected chi connectivity index (χ0v) is 14.3. The molecule has 0 N–H and O–H groups in total. The molecule has 0 radical (unpaired) electrons. The first-order valence-electron chi connectivity index (χ1n) is 7.07. The van der Waals surface area contributed by atoms with Crippen molar-refractivity contribution in [2.75, 3.05) is 6.54 Å². The largest absolute Gasteiger partial charge is 0.352 e. The maximum Gasteiger partial charge on any atom is 0.244 e. The minimum absolute atomic E-state index is 0.0449.